The lowest BCUT2D eigenvalue weighted by Gasteiger charge is -2.32. The van der Waals surface area contributed by atoms with Crippen molar-refractivity contribution in [2.24, 2.45) is 0 Å². The van der Waals surface area contributed by atoms with Crippen LogP contribution in [0.5, 0.6) is 0 Å². The minimum Gasteiger partial charge on any atom is -0.388 e. The summed E-state index contributed by atoms with van der Waals surface area (Å²) >= 11 is 12.2. The number of nitrogens with one attached hydrogen (secondary N) is 1. The lowest BCUT2D eigenvalue weighted by Crippen LogP contribution is -2.44. The van der Waals surface area contributed by atoms with Crippen LogP contribution in [0, 0.1) is 0 Å². The second-order valence-corrected chi connectivity index (χ2v) is 5.45. The molecular formula is C13H17Cl2NO2. The van der Waals surface area contributed by atoms with Gasteiger partial charge in [0.1, 0.15) is 0 Å². The standard InChI is InChI=1S/C13H17Cl2NO2/c14-11-2-1-3-12(15)10(11)8-16-9-13(17)4-6-18-7-5-13/h1-3,16-17H,4-9H2. The van der Waals surface area contributed by atoms with Gasteiger partial charge in [-0.25, -0.2) is 0 Å². The molecule has 1 fully saturated rings. The van der Waals surface area contributed by atoms with E-state index in [2.05, 4.69) is 5.32 Å². The molecule has 3 nitrogen and oxygen atoms in total. The molecule has 2 N–H and O–H groups in total. The summed E-state index contributed by atoms with van der Waals surface area (Å²) in [6, 6.07) is 5.45. The monoisotopic (exact) mass is 289 g/mol. The zero-order valence-corrected chi connectivity index (χ0v) is 11.6. The maximum absolute atomic E-state index is 10.3. The molecule has 1 heterocycles. The second-order valence-electron chi connectivity index (χ2n) is 4.64. The summed E-state index contributed by atoms with van der Waals surface area (Å²) in [4.78, 5) is 0. The molecule has 1 aromatic carbocycles. The smallest absolute Gasteiger partial charge is 0.0815 e. The van der Waals surface area contributed by atoms with Gasteiger partial charge in [-0.1, -0.05) is 29.3 Å². The zero-order valence-electron chi connectivity index (χ0n) is 10.1. The summed E-state index contributed by atoms with van der Waals surface area (Å²) in [6.07, 6.45) is 1.33. The molecule has 1 aliphatic rings. The normalized spacial score (nSPS) is 18.8. The number of hydrogen-bond acceptors (Lipinski definition) is 3. The van der Waals surface area contributed by atoms with Crippen LogP contribution >= 0.6 is 23.2 Å². The van der Waals surface area contributed by atoms with E-state index >= 15 is 0 Å². The first kappa shape index (κ1) is 14.1. The van der Waals surface area contributed by atoms with E-state index in [-0.39, 0.29) is 0 Å². The highest BCUT2D eigenvalue weighted by Gasteiger charge is 2.29. The Morgan fingerprint density at radius 1 is 1.22 bits per heavy atom. The van der Waals surface area contributed by atoms with Gasteiger partial charge in [-0.2, -0.15) is 0 Å². The first-order valence-electron chi connectivity index (χ1n) is 6.04. The average Bonchev–Trinajstić information content (AvgIpc) is 2.34. The fraction of sp³-hybridized carbons (Fsp3) is 0.538. The average molecular weight is 290 g/mol. The van der Waals surface area contributed by atoms with Crippen LogP contribution in [-0.2, 0) is 11.3 Å². The molecule has 0 unspecified atom stereocenters. The van der Waals surface area contributed by atoms with Crippen molar-refractivity contribution in [1.82, 2.24) is 5.32 Å². The number of hydrogen-bond donors (Lipinski definition) is 2. The van der Waals surface area contributed by atoms with Crippen LogP contribution in [0.3, 0.4) is 0 Å². The van der Waals surface area contributed by atoms with Crippen LogP contribution in [0.1, 0.15) is 18.4 Å². The van der Waals surface area contributed by atoms with Crippen molar-refractivity contribution in [3.05, 3.63) is 33.8 Å². The molecule has 0 radical (unpaired) electrons. The molecule has 18 heavy (non-hydrogen) atoms. The molecule has 0 saturated carbocycles. The van der Waals surface area contributed by atoms with Gasteiger partial charge < -0.3 is 15.2 Å². The third kappa shape index (κ3) is 3.59. The molecule has 0 bridgehead atoms. The van der Waals surface area contributed by atoms with Gasteiger partial charge in [-0.15, -0.1) is 0 Å². The van der Waals surface area contributed by atoms with Crippen molar-refractivity contribution < 1.29 is 9.84 Å². The molecule has 5 heteroatoms. The van der Waals surface area contributed by atoms with Crippen molar-refractivity contribution >= 4 is 23.2 Å². The fourth-order valence-electron chi connectivity index (χ4n) is 2.05. The van der Waals surface area contributed by atoms with Gasteiger partial charge in [0.2, 0.25) is 0 Å². The molecule has 0 amide bonds. The Hall–Kier alpha value is -0.320. The lowest BCUT2D eigenvalue weighted by atomic mass is 9.94. The Morgan fingerprint density at radius 3 is 2.44 bits per heavy atom. The van der Waals surface area contributed by atoms with Crippen molar-refractivity contribution in [2.45, 2.75) is 25.0 Å². The van der Waals surface area contributed by atoms with Crippen LogP contribution in [0.4, 0.5) is 0 Å². The third-order valence-electron chi connectivity index (χ3n) is 3.24. The van der Waals surface area contributed by atoms with E-state index in [0.29, 0.717) is 49.2 Å². The predicted octanol–water partition coefficient (Wildman–Crippen LogP) is 2.62. The Balaban J connectivity index is 1.88. The summed E-state index contributed by atoms with van der Waals surface area (Å²) in [6.45, 7) is 2.32. The Morgan fingerprint density at radius 2 is 1.83 bits per heavy atom. The molecular weight excluding hydrogens is 273 g/mol. The Labute approximate surface area is 117 Å². The van der Waals surface area contributed by atoms with Crippen molar-refractivity contribution in [1.29, 1.82) is 0 Å². The Bertz CT molecular complexity index is 386. The SMILES string of the molecule is OC1(CNCc2c(Cl)cccc2Cl)CCOCC1. The minimum atomic E-state index is -0.675. The molecule has 0 aliphatic carbocycles. The number of rotatable bonds is 4. The maximum atomic E-state index is 10.3. The molecule has 1 aliphatic heterocycles. The predicted molar refractivity (Wildman–Crippen MR) is 73.2 cm³/mol. The van der Waals surface area contributed by atoms with Crippen LogP contribution in [0.25, 0.3) is 0 Å². The zero-order chi connectivity index (χ0) is 13.0. The van der Waals surface area contributed by atoms with E-state index < -0.39 is 5.60 Å². The summed E-state index contributed by atoms with van der Waals surface area (Å²) in [7, 11) is 0. The second kappa shape index (κ2) is 6.22. The third-order valence-corrected chi connectivity index (χ3v) is 3.95. The van der Waals surface area contributed by atoms with E-state index in [1.807, 2.05) is 18.2 Å². The topological polar surface area (TPSA) is 41.5 Å². The van der Waals surface area contributed by atoms with Crippen molar-refractivity contribution in [3.8, 4) is 0 Å². The summed E-state index contributed by atoms with van der Waals surface area (Å²) in [5, 5.41) is 14.8. The quantitative estimate of drug-likeness (QED) is 0.895. The summed E-state index contributed by atoms with van der Waals surface area (Å²) in [5.74, 6) is 0. The van der Waals surface area contributed by atoms with Crippen LogP contribution in [-0.4, -0.2) is 30.5 Å². The van der Waals surface area contributed by atoms with Gasteiger partial charge >= 0.3 is 0 Å². The van der Waals surface area contributed by atoms with Gasteiger partial charge in [0.15, 0.2) is 0 Å². The summed E-state index contributed by atoms with van der Waals surface area (Å²) in [5.41, 5.74) is 0.197. The first-order valence-corrected chi connectivity index (χ1v) is 6.80. The largest absolute Gasteiger partial charge is 0.388 e. The van der Waals surface area contributed by atoms with Crippen LogP contribution in [0.2, 0.25) is 10.0 Å². The van der Waals surface area contributed by atoms with Gasteiger partial charge in [-0.3, -0.25) is 0 Å². The highest BCUT2D eigenvalue weighted by molar-refractivity contribution is 6.35. The van der Waals surface area contributed by atoms with E-state index in [0.717, 1.165) is 5.56 Å². The number of aliphatic hydroxyl groups is 1. The summed E-state index contributed by atoms with van der Waals surface area (Å²) < 4.78 is 5.24. The van der Waals surface area contributed by atoms with E-state index in [1.54, 1.807) is 0 Å². The van der Waals surface area contributed by atoms with Gasteiger partial charge in [0.05, 0.1) is 5.60 Å². The molecule has 2 rings (SSSR count). The number of halogens is 2. The van der Waals surface area contributed by atoms with E-state index in [1.165, 1.54) is 0 Å². The fourth-order valence-corrected chi connectivity index (χ4v) is 2.58. The van der Waals surface area contributed by atoms with Crippen LogP contribution < -0.4 is 5.32 Å². The molecule has 1 saturated heterocycles. The lowest BCUT2D eigenvalue weighted by molar-refractivity contribution is -0.0617. The molecule has 1 aromatic rings. The number of ether oxygens (including phenoxy) is 1. The highest BCUT2D eigenvalue weighted by Crippen LogP contribution is 2.24. The molecule has 0 spiro atoms. The van der Waals surface area contributed by atoms with E-state index in [9.17, 15) is 5.11 Å². The van der Waals surface area contributed by atoms with Crippen molar-refractivity contribution in [3.63, 3.8) is 0 Å². The highest BCUT2D eigenvalue weighted by atomic mass is 35.5. The van der Waals surface area contributed by atoms with Crippen molar-refractivity contribution in [2.75, 3.05) is 19.8 Å². The molecule has 0 atom stereocenters. The van der Waals surface area contributed by atoms with Gasteiger partial charge in [-0.05, 0) is 12.1 Å². The number of benzene rings is 1. The van der Waals surface area contributed by atoms with Gasteiger partial charge in [0, 0.05) is 54.8 Å². The molecule has 100 valence electrons. The minimum absolute atomic E-state index is 0.526. The van der Waals surface area contributed by atoms with Crippen LogP contribution in [0.15, 0.2) is 18.2 Å². The Kier molecular flexibility index (Phi) is 4.87. The van der Waals surface area contributed by atoms with Gasteiger partial charge in [0.25, 0.3) is 0 Å². The van der Waals surface area contributed by atoms with E-state index in [4.69, 9.17) is 27.9 Å². The maximum Gasteiger partial charge on any atom is 0.0815 e. The molecule has 0 aromatic heterocycles. The first-order chi connectivity index (χ1) is 8.61.